The molecule has 2 N–H and O–H groups in total. The molecule has 1 aromatic carbocycles. The Balaban J connectivity index is 3.03. The van der Waals surface area contributed by atoms with Crippen LogP contribution in [0.15, 0.2) is 33.8 Å². The molecule has 10 heavy (non-hydrogen) atoms. The number of benzene rings is 1. The summed E-state index contributed by atoms with van der Waals surface area (Å²) in [7, 11) is 0. The smallest absolute Gasteiger partial charge is 0.0549 e. The molecule has 1 rings (SSSR count). The summed E-state index contributed by atoms with van der Waals surface area (Å²) >= 11 is 3.35. The maximum Gasteiger partial charge on any atom is 0.0549 e. The van der Waals surface area contributed by atoms with E-state index >= 15 is 0 Å². The molecule has 0 aliphatic carbocycles. The van der Waals surface area contributed by atoms with Crippen LogP contribution in [0.5, 0.6) is 0 Å². The predicted molar refractivity (Wildman–Crippen MR) is 45.9 cm³/mol. The minimum absolute atomic E-state index is 0.991. The molecule has 52 valence electrons. The van der Waals surface area contributed by atoms with Crippen LogP contribution in [0.2, 0.25) is 0 Å². The van der Waals surface area contributed by atoms with Gasteiger partial charge in [-0.1, -0.05) is 34.1 Å². The number of hydrazone groups is 1. The summed E-state index contributed by atoms with van der Waals surface area (Å²) in [4.78, 5) is 0. The maximum atomic E-state index is 4.98. The fraction of sp³-hybridized carbons (Fsp3) is 0. The summed E-state index contributed by atoms with van der Waals surface area (Å²) < 4.78 is 1.00. The van der Waals surface area contributed by atoms with E-state index in [0.717, 1.165) is 10.0 Å². The Bertz CT molecular complexity index is 245. The van der Waals surface area contributed by atoms with E-state index in [1.54, 1.807) is 6.21 Å². The lowest BCUT2D eigenvalue weighted by atomic mass is 10.2. The molecule has 0 amide bonds. The third kappa shape index (κ3) is 1.57. The zero-order valence-corrected chi connectivity index (χ0v) is 6.88. The summed E-state index contributed by atoms with van der Waals surface area (Å²) in [5.74, 6) is 4.98. The second-order valence-electron chi connectivity index (χ2n) is 1.80. The lowest BCUT2D eigenvalue weighted by Crippen LogP contribution is -1.86. The molecule has 0 saturated heterocycles. The van der Waals surface area contributed by atoms with Gasteiger partial charge in [0, 0.05) is 10.0 Å². The van der Waals surface area contributed by atoms with Gasteiger partial charge in [-0.05, 0) is 6.07 Å². The summed E-state index contributed by atoms with van der Waals surface area (Å²) in [6.07, 6.45) is 1.60. The molecular weight excluding hydrogens is 192 g/mol. The molecule has 0 saturated carbocycles. The Hall–Kier alpha value is -0.830. The third-order valence-electron chi connectivity index (χ3n) is 1.12. The van der Waals surface area contributed by atoms with Crippen LogP contribution in [0.4, 0.5) is 0 Å². The highest BCUT2D eigenvalue weighted by Gasteiger charge is 1.91. The van der Waals surface area contributed by atoms with Crippen molar-refractivity contribution in [2.75, 3.05) is 0 Å². The van der Waals surface area contributed by atoms with Crippen LogP contribution in [0, 0.1) is 0 Å². The first-order chi connectivity index (χ1) is 4.84. The van der Waals surface area contributed by atoms with E-state index in [2.05, 4.69) is 21.0 Å². The van der Waals surface area contributed by atoms with Crippen LogP contribution in [0.25, 0.3) is 0 Å². The van der Waals surface area contributed by atoms with Crippen LogP contribution < -0.4 is 5.84 Å². The Morgan fingerprint density at radius 3 is 2.70 bits per heavy atom. The van der Waals surface area contributed by atoms with Crippen molar-refractivity contribution >= 4 is 22.1 Å². The van der Waals surface area contributed by atoms with Gasteiger partial charge in [0.1, 0.15) is 0 Å². The summed E-state index contributed by atoms with van der Waals surface area (Å²) in [5.41, 5.74) is 0.991. The molecule has 1 aromatic rings. The minimum atomic E-state index is 0.991. The van der Waals surface area contributed by atoms with Crippen molar-refractivity contribution in [2.45, 2.75) is 0 Å². The summed E-state index contributed by atoms with van der Waals surface area (Å²) in [6.45, 7) is 0. The number of nitrogens with zero attached hydrogens (tertiary/aromatic N) is 1. The van der Waals surface area contributed by atoms with Crippen LogP contribution in [0.3, 0.4) is 0 Å². The van der Waals surface area contributed by atoms with Gasteiger partial charge in [-0.25, -0.2) is 0 Å². The number of hydrogen-bond donors (Lipinski definition) is 1. The Morgan fingerprint density at radius 1 is 1.40 bits per heavy atom. The highest BCUT2D eigenvalue weighted by atomic mass is 79.9. The molecule has 0 aliphatic rings. The van der Waals surface area contributed by atoms with Crippen molar-refractivity contribution in [1.29, 1.82) is 0 Å². The topological polar surface area (TPSA) is 38.4 Å². The van der Waals surface area contributed by atoms with E-state index < -0.39 is 0 Å². The van der Waals surface area contributed by atoms with Crippen LogP contribution in [0.1, 0.15) is 5.56 Å². The van der Waals surface area contributed by atoms with Gasteiger partial charge in [0.2, 0.25) is 0 Å². The average molecular weight is 199 g/mol. The van der Waals surface area contributed by atoms with E-state index in [1.165, 1.54) is 0 Å². The normalized spacial score (nSPS) is 10.5. The number of halogens is 1. The lowest BCUT2D eigenvalue weighted by molar-refractivity contribution is 1.26. The van der Waals surface area contributed by atoms with E-state index in [1.807, 2.05) is 24.3 Å². The molecule has 0 heterocycles. The summed E-state index contributed by atoms with van der Waals surface area (Å²) in [5, 5.41) is 3.41. The first kappa shape index (κ1) is 7.28. The fourth-order valence-electron chi connectivity index (χ4n) is 0.660. The highest BCUT2D eigenvalue weighted by molar-refractivity contribution is 9.10. The van der Waals surface area contributed by atoms with Gasteiger partial charge in [-0.2, -0.15) is 5.10 Å². The zero-order valence-electron chi connectivity index (χ0n) is 5.29. The van der Waals surface area contributed by atoms with Gasteiger partial charge >= 0.3 is 0 Å². The molecule has 0 spiro atoms. The number of hydrogen-bond acceptors (Lipinski definition) is 2. The zero-order chi connectivity index (χ0) is 7.40. The Morgan fingerprint density at radius 2 is 2.10 bits per heavy atom. The molecule has 0 radical (unpaired) electrons. The van der Waals surface area contributed by atoms with Gasteiger partial charge in [-0.15, -0.1) is 0 Å². The first-order valence-corrected chi connectivity index (χ1v) is 3.61. The molecule has 0 fully saturated rings. The van der Waals surface area contributed by atoms with Crippen molar-refractivity contribution < 1.29 is 0 Å². The SMILES string of the molecule is N/N=C/c1ccccc1Br. The fourth-order valence-corrected chi connectivity index (χ4v) is 1.05. The Kier molecular flexibility index (Phi) is 2.45. The standard InChI is InChI=1S/C7H7BrN2/c8-7-4-2-1-3-6(7)5-10-9/h1-5H,9H2/b10-5+. The first-order valence-electron chi connectivity index (χ1n) is 2.82. The van der Waals surface area contributed by atoms with E-state index in [0.29, 0.717) is 0 Å². The maximum absolute atomic E-state index is 4.98. The predicted octanol–water partition coefficient (Wildman–Crippen LogP) is 1.74. The second-order valence-corrected chi connectivity index (χ2v) is 2.65. The lowest BCUT2D eigenvalue weighted by Gasteiger charge is -1.93. The van der Waals surface area contributed by atoms with Crippen LogP contribution >= 0.6 is 15.9 Å². The van der Waals surface area contributed by atoms with E-state index in [-0.39, 0.29) is 0 Å². The van der Waals surface area contributed by atoms with E-state index in [9.17, 15) is 0 Å². The van der Waals surface area contributed by atoms with Crippen molar-refractivity contribution in [3.05, 3.63) is 34.3 Å². The number of rotatable bonds is 1. The van der Waals surface area contributed by atoms with Crippen molar-refractivity contribution in [3.8, 4) is 0 Å². The second kappa shape index (κ2) is 3.37. The van der Waals surface area contributed by atoms with Gasteiger partial charge in [0.15, 0.2) is 0 Å². The highest BCUT2D eigenvalue weighted by Crippen LogP contribution is 2.12. The van der Waals surface area contributed by atoms with Crippen molar-refractivity contribution in [1.82, 2.24) is 0 Å². The average Bonchev–Trinajstić information content (AvgIpc) is 1.94. The Labute approximate surface area is 67.9 Å². The molecule has 3 heteroatoms. The molecule has 0 atom stereocenters. The van der Waals surface area contributed by atoms with Gasteiger partial charge < -0.3 is 5.84 Å². The molecule has 0 unspecified atom stereocenters. The number of nitrogens with two attached hydrogens (primary N) is 1. The van der Waals surface area contributed by atoms with Crippen molar-refractivity contribution in [3.63, 3.8) is 0 Å². The molecule has 0 aromatic heterocycles. The largest absolute Gasteiger partial charge is 0.323 e. The molecule has 0 aliphatic heterocycles. The van der Waals surface area contributed by atoms with Gasteiger partial charge in [0.05, 0.1) is 6.21 Å². The van der Waals surface area contributed by atoms with Gasteiger partial charge in [0.25, 0.3) is 0 Å². The van der Waals surface area contributed by atoms with E-state index in [4.69, 9.17) is 5.84 Å². The van der Waals surface area contributed by atoms with Crippen molar-refractivity contribution in [2.24, 2.45) is 10.9 Å². The minimum Gasteiger partial charge on any atom is -0.323 e. The summed E-state index contributed by atoms with van der Waals surface area (Å²) in [6, 6.07) is 7.75. The van der Waals surface area contributed by atoms with Crippen LogP contribution in [-0.4, -0.2) is 6.21 Å². The van der Waals surface area contributed by atoms with Crippen LogP contribution in [-0.2, 0) is 0 Å². The molecule has 0 bridgehead atoms. The third-order valence-corrected chi connectivity index (χ3v) is 1.84. The molecule has 2 nitrogen and oxygen atoms in total. The quantitative estimate of drug-likeness (QED) is 0.417. The monoisotopic (exact) mass is 198 g/mol. The molecular formula is C7H7BrN2. The van der Waals surface area contributed by atoms with Gasteiger partial charge in [-0.3, -0.25) is 0 Å².